The summed E-state index contributed by atoms with van der Waals surface area (Å²) in [6.45, 7) is 4.67. The van der Waals surface area contributed by atoms with Gasteiger partial charge in [0.15, 0.2) is 0 Å². The van der Waals surface area contributed by atoms with Crippen LogP contribution in [0.1, 0.15) is 18.1 Å². The van der Waals surface area contributed by atoms with Gasteiger partial charge in [-0.25, -0.2) is 4.98 Å². The van der Waals surface area contributed by atoms with E-state index in [-0.39, 0.29) is 0 Å². The molecule has 5 nitrogen and oxygen atoms in total. The summed E-state index contributed by atoms with van der Waals surface area (Å²) in [6.07, 6.45) is 1.62. The fourth-order valence-electron chi connectivity index (χ4n) is 1.69. The number of anilines is 1. The molecule has 0 unspecified atom stereocenters. The van der Waals surface area contributed by atoms with Gasteiger partial charge in [-0.2, -0.15) is 10.4 Å². The highest BCUT2D eigenvalue weighted by molar-refractivity contribution is 5.64. The third-order valence-corrected chi connectivity index (χ3v) is 2.53. The summed E-state index contributed by atoms with van der Waals surface area (Å²) in [4.78, 5) is 4.38. The van der Waals surface area contributed by atoms with Gasteiger partial charge in [-0.3, -0.25) is 0 Å². The van der Waals surface area contributed by atoms with Crippen LogP contribution in [0.25, 0.3) is 11.3 Å². The van der Waals surface area contributed by atoms with E-state index in [1.54, 1.807) is 12.3 Å². The van der Waals surface area contributed by atoms with Gasteiger partial charge in [-0.1, -0.05) is 6.07 Å². The van der Waals surface area contributed by atoms with Crippen LogP contribution in [0.5, 0.6) is 0 Å². The van der Waals surface area contributed by atoms with Crippen LogP contribution in [0.2, 0.25) is 0 Å². The van der Waals surface area contributed by atoms with Crippen LogP contribution < -0.4 is 5.32 Å². The number of nitriles is 1. The highest BCUT2D eigenvalue weighted by Crippen LogP contribution is 2.22. The Morgan fingerprint density at radius 3 is 2.89 bits per heavy atom. The summed E-state index contributed by atoms with van der Waals surface area (Å²) >= 11 is 0. The SMILES string of the molecule is CCNc1nncc(-c2ccc(C#N)cc2C)n1. The molecular weight excluding hydrogens is 226 g/mol. The van der Waals surface area contributed by atoms with Gasteiger partial charge >= 0.3 is 0 Å². The highest BCUT2D eigenvalue weighted by atomic mass is 15.2. The molecular formula is C13H13N5. The Hall–Kier alpha value is -2.48. The molecule has 0 aliphatic carbocycles. The van der Waals surface area contributed by atoms with E-state index in [1.165, 1.54) is 0 Å². The van der Waals surface area contributed by atoms with Gasteiger partial charge in [0.2, 0.25) is 5.95 Å². The summed E-state index contributed by atoms with van der Waals surface area (Å²) in [5.74, 6) is 0.513. The smallest absolute Gasteiger partial charge is 0.243 e. The van der Waals surface area contributed by atoms with E-state index in [0.717, 1.165) is 23.4 Å². The molecule has 1 aromatic carbocycles. The van der Waals surface area contributed by atoms with E-state index in [1.807, 2.05) is 26.0 Å². The van der Waals surface area contributed by atoms with E-state index >= 15 is 0 Å². The first-order chi connectivity index (χ1) is 8.74. The minimum atomic E-state index is 0.513. The Morgan fingerprint density at radius 2 is 2.22 bits per heavy atom. The first-order valence-electron chi connectivity index (χ1n) is 5.69. The molecule has 0 aliphatic rings. The van der Waals surface area contributed by atoms with Crippen molar-refractivity contribution in [1.29, 1.82) is 5.26 Å². The van der Waals surface area contributed by atoms with Gasteiger partial charge in [-0.15, -0.1) is 5.10 Å². The molecule has 0 saturated carbocycles. The number of aryl methyl sites for hydroxylation is 1. The molecule has 0 radical (unpaired) electrons. The molecule has 0 atom stereocenters. The zero-order valence-electron chi connectivity index (χ0n) is 10.3. The molecule has 0 spiro atoms. The zero-order chi connectivity index (χ0) is 13.0. The molecule has 0 aliphatic heterocycles. The molecule has 0 bridgehead atoms. The van der Waals surface area contributed by atoms with E-state index in [2.05, 4.69) is 26.6 Å². The average molecular weight is 239 g/mol. The number of benzene rings is 1. The number of rotatable bonds is 3. The maximum atomic E-state index is 8.84. The number of nitrogens with zero attached hydrogens (tertiary/aromatic N) is 4. The average Bonchev–Trinajstić information content (AvgIpc) is 2.39. The second-order valence-electron chi connectivity index (χ2n) is 3.84. The van der Waals surface area contributed by atoms with Crippen molar-refractivity contribution < 1.29 is 0 Å². The van der Waals surface area contributed by atoms with Crippen LogP contribution in [0.3, 0.4) is 0 Å². The molecule has 18 heavy (non-hydrogen) atoms. The normalized spacial score (nSPS) is 9.83. The predicted molar refractivity (Wildman–Crippen MR) is 68.9 cm³/mol. The quantitative estimate of drug-likeness (QED) is 0.888. The maximum absolute atomic E-state index is 8.84. The fourth-order valence-corrected chi connectivity index (χ4v) is 1.69. The fraction of sp³-hybridized carbons (Fsp3) is 0.231. The van der Waals surface area contributed by atoms with Gasteiger partial charge in [0.05, 0.1) is 23.5 Å². The third kappa shape index (κ3) is 2.43. The molecule has 0 amide bonds. The molecule has 90 valence electrons. The minimum absolute atomic E-state index is 0.513. The predicted octanol–water partition coefficient (Wildman–Crippen LogP) is 2.15. The van der Waals surface area contributed by atoms with Crippen molar-refractivity contribution in [2.24, 2.45) is 0 Å². The second-order valence-corrected chi connectivity index (χ2v) is 3.84. The van der Waals surface area contributed by atoms with Crippen LogP contribution in [0.15, 0.2) is 24.4 Å². The number of nitrogens with one attached hydrogen (secondary N) is 1. The van der Waals surface area contributed by atoms with Gasteiger partial charge in [0.1, 0.15) is 0 Å². The molecule has 1 N–H and O–H groups in total. The monoisotopic (exact) mass is 239 g/mol. The van der Waals surface area contributed by atoms with Crippen molar-refractivity contribution in [1.82, 2.24) is 15.2 Å². The summed E-state index contributed by atoms with van der Waals surface area (Å²) < 4.78 is 0. The maximum Gasteiger partial charge on any atom is 0.243 e. The van der Waals surface area contributed by atoms with E-state index in [9.17, 15) is 0 Å². The van der Waals surface area contributed by atoms with Crippen LogP contribution in [-0.2, 0) is 0 Å². The Morgan fingerprint density at radius 1 is 1.39 bits per heavy atom. The molecule has 2 aromatic rings. The van der Waals surface area contributed by atoms with Crippen molar-refractivity contribution in [3.8, 4) is 17.3 Å². The Bertz CT molecular complexity index is 601. The van der Waals surface area contributed by atoms with Crippen molar-refractivity contribution in [3.05, 3.63) is 35.5 Å². The Labute approximate surface area is 106 Å². The molecule has 0 saturated heterocycles. The van der Waals surface area contributed by atoms with Crippen LogP contribution >= 0.6 is 0 Å². The lowest BCUT2D eigenvalue weighted by molar-refractivity contribution is 0.958. The zero-order valence-corrected chi connectivity index (χ0v) is 10.3. The van der Waals surface area contributed by atoms with E-state index in [4.69, 9.17) is 5.26 Å². The summed E-state index contributed by atoms with van der Waals surface area (Å²) in [6, 6.07) is 7.61. The third-order valence-electron chi connectivity index (χ3n) is 2.53. The molecule has 2 rings (SSSR count). The van der Waals surface area contributed by atoms with Crippen LogP contribution in [0.4, 0.5) is 5.95 Å². The molecule has 0 fully saturated rings. The van der Waals surface area contributed by atoms with Crippen molar-refractivity contribution in [2.75, 3.05) is 11.9 Å². The standard InChI is InChI=1S/C13H13N5/c1-3-15-13-17-12(8-16-18-13)11-5-4-10(7-14)6-9(11)2/h4-6,8H,3H2,1-2H3,(H,15,17,18). The number of hydrogen-bond donors (Lipinski definition) is 1. The largest absolute Gasteiger partial charge is 0.353 e. The first kappa shape index (κ1) is 12.0. The summed E-state index contributed by atoms with van der Waals surface area (Å²) in [5.41, 5.74) is 3.35. The van der Waals surface area contributed by atoms with Gasteiger partial charge < -0.3 is 5.32 Å². The number of aromatic nitrogens is 3. The van der Waals surface area contributed by atoms with Crippen molar-refractivity contribution in [3.63, 3.8) is 0 Å². The lowest BCUT2D eigenvalue weighted by Crippen LogP contribution is -2.04. The molecule has 1 heterocycles. The van der Waals surface area contributed by atoms with E-state index in [0.29, 0.717) is 11.5 Å². The van der Waals surface area contributed by atoms with Gasteiger partial charge in [0, 0.05) is 12.1 Å². The first-order valence-corrected chi connectivity index (χ1v) is 5.69. The Kier molecular flexibility index (Phi) is 3.49. The van der Waals surface area contributed by atoms with E-state index < -0.39 is 0 Å². The summed E-state index contributed by atoms with van der Waals surface area (Å²) in [7, 11) is 0. The second kappa shape index (κ2) is 5.23. The highest BCUT2D eigenvalue weighted by Gasteiger charge is 2.06. The van der Waals surface area contributed by atoms with Crippen molar-refractivity contribution >= 4 is 5.95 Å². The molecule has 1 aromatic heterocycles. The van der Waals surface area contributed by atoms with Crippen LogP contribution in [0, 0.1) is 18.3 Å². The summed E-state index contributed by atoms with van der Waals surface area (Å²) in [5, 5.41) is 19.7. The number of hydrogen-bond acceptors (Lipinski definition) is 5. The van der Waals surface area contributed by atoms with Gasteiger partial charge in [0.25, 0.3) is 0 Å². The minimum Gasteiger partial charge on any atom is -0.353 e. The molecule has 5 heteroatoms. The van der Waals surface area contributed by atoms with Crippen LogP contribution in [-0.4, -0.2) is 21.7 Å². The topological polar surface area (TPSA) is 74.5 Å². The van der Waals surface area contributed by atoms with Gasteiger partial charge in [-0.05, 0) is 31.5 Å². The Balaban J connectivity index is 2.42. The lowest BCUT2D eigenvalue weighted by Gasteiger charge is -2.06. The van der Waals surface area contributed by atoms with Crippen molar-refractivity contribution in [2.45, 2.75) is 13.8 Å². The lowest BCUT2D eigenvalue weighted by atomic mass is 10.0.